The molecule has 1 N–H and O–H groups in total. The van der Waals surface area contributed by atoms with Crippen LogP contribution in [0.2, 0.25) is 0 Å². The van der Waals surface area contributed by atoms with E-state index in [0.717, 1.165) is 0 Å². The average molecular weight is 233 g/mol. The fourth-order valence-electron chi connectivity index (χ4n) is 1.36. The first-order valence-electron chi connectivity index (χ1n) is 4.75. The van der Waals surface area contributed by atoms with Crippen molar-refractivity contribution in [3.8, 4) is 11.5 Å². The van der Waals surface area contributed by atoms with Crippen LogP contribution in [0.4, 0.5) is 18.9 Å². The predicted molar refractivity (Wildman–Crippen MR) is 52.0 cm³/mol. The zero-order valence-corrected chi connectivity index (χ0v) is 8.30. The maximum atomic E-state index is 12.0. The maximum Gasteiger partial charge on any atom is 0.405 e. The zero-order chi connectivity index (χ0) is 11.6. The van der Waals surface area contributed by atoms with Crippen molar-refractivity contribution in [2.45, 2.75) is 6.18 Å². The Hall–Kier alpha value is -1.59. The van der Waals surface area contributed by atoms with Crippen LogP contribution in [0.1, 0.15) is 0 Å². The van der Waals surface area contributed by atoms with Crippen LogP contribution in [0, 0.1) is 0 Å². The molecule has 0 aromatic heterocycles. The van der Waals surface area contributed by atoms with Gasteiger partial charge < -0.3 is 14.8 Å². The SMILES string of the molecule is FC(F)(F)CNc1ccc2c(c1)OCCO2. The summed E-state index contributed by atoms with van der Waals surface area (Å²) < 4.78 is 46.4. The third-order valence-electron chi connectivity index (χ3n) is 2.04. The highest BCUT2D eigenvalue weighted by Crippen LogP contribution is 2.32. The monoisotopic (exact) mass is 233 g/mol. The van der Waals surface area contributed by atoms with Gasteiger partial charge in [0.25, 0.3) is 0 Å². The van der Waals surface area contributed by atoms with Crippen LogP contribution >= 0.6 is 0 Å². The molecule has 0 unspecified atom stereocenters. The lowest BCUT2D eigenvalue weighted by Gasteiger charge is -2.19. The number of hydrogen-bond acceptors (Lipinski definition) is 3. The van der Waals surface area contributed by atoms with E-state index in [9.17, 15) is 13.2 Å². The van der Waals surface area contributed by atoms with Gasteiger partial charge >= 0.3 is 6.18 Å². The van der Waals surface area contributed by atoms with E-state index in [4.69, 9.17) is 9.47 Å². The molecule has 2 rings (SSSR count). The minimum Gasteiger partial charge on any atom is -0.486 e. The molecule has 0 fully saturated rings. The Kier molecular flexibility index (Phi) is 2.80. The number of ether oxygens (including phenoxy) is 2. The minimum absolute atomic E-state index is 0.363. The highest BCUT2D eigenvalue weighted by Gasteiger charge is 2.26. The molecule has 1 aliphatic rings. The molecule has 0 amide bonds. The maximum absolute atomic E-state index is 12.0. The topological polar surface area (TPSA) is 30.5 Å². The Bertz CT molecular complexity index is 379. The van der Waals surface area contributed by atoms with Crippen LogP contribution in [0.25, 0.3) is 0 Å². The van der Waals surface area contributed by atoms with Gasteiger partial charge in [-0.2, -0.15) is 13.2 Å². The largest absolute Gasteiger partial charge is 0.486 e. The fraction of sp³-hybridized carbons (Fsp3) is 0.400. The number of rotatable bonds is 2. The summed E-state index contributed by atoms with van der Waals surface area (Å²) in [5, 5.41) is 2.27. The second-order valence-corrected chi connectivity index (χ2v) is 3.33. The molecule has 88 valence electrons. The molecule has 6 heteroatoms. The number of alkyl halides is 3. The van der Waals surface area contributed by atoms with Crippen molar-refractivity contribution in [3.05, 3.63) is 18.2 Å². The fourth-order valence-corrected chi connectivity index (χ4v) is 1.36. The Balaban J connectivity index is 2.06. The normalized spacial score (nSPS) is 14.7. The zero-order valence-electron chi connectivity index (χ0n) is 8.30. The molecule has 0 atom stereocenters. The van der Waals surface area contributed by atoms with Crippen molar-refractivity contribution in [3.63, 3.8) is 0 Å². The molecule has 1 aromatic rings. The number of hydrogen-bond donors (Lipinski definition) is 1. The van der Waals surface area contributed by atoms with Crippen molar-refractivity contribution >= 4 is 5.69 Å². The van der Waals surface area contributed by atoms with Gasteiger partial charge in [0, 0.05) is 11.8 Å². The van der Waals surface area contributed by atoms with Gasteiger partial charge in [-0.15, -0.1) is 0 Å². The molecule has 0 saturated carbocycles. The van der Waals surface area contributed by atoms with Gasteiger partial charge in [-0.3, -0.25) is 0 Å². The molecular formula is C10H10F3NO2. The van der Waals surface area contributed by atoms with E-state index in [-0.39, 0.29) is 0 Å². The molecule has 1 aromatic carbocycles. The van der Waals surface area contributed by atoms with Crippen LogP contribution in [0.5, 0.6) is 11.5 Å². The highest BCUT2D eigenvalue weighted by molar-refractivity contribution is 5.55. The summed E-state index contributed by atoms with van der Waals surface area (Å²) in [6.45, 7) is -0.190. The minimum atomic E-state index is -4.23. The van der Waals surface area contributed by atoms with Gasteiger partial charge in [0.1, 0.15) is 19.8 Å². The summed E-state index contributed by atoms with van der Waals surface area (Å²) in [6, 6.07) is 4.62. The van der Waals surface area contributed by atoms with E-state index >= 15 is 0 Å². The number of halogens is 3. The Labute approximate surface area is 90.2 Å². The molecule has 0 saturated heterocycles. The molecule has 0 spiro atoms. The highest BCUT2D eigenvalue weighted by atomic mass is 19.4. The second kappa shape index (κ2) is 4.11. The average Bonchev–Trinajstić information content (AvgIpc) is 2.25. The summed E-state index contributed by atoms with van der Waals surface area (Å²) in [6.07, 6.45) is -4.23. The molecule has 1 aliphatic heterocycles. The van der Waals surface area contributed by atoms with Crippen molar-refractivity contribution in [1.82, 2.24) is 0 Å². The van der Waals surface area contributed by atoms with E-state index in [1.165, 1.54) is 12.1 Å². The summed E-state index contributed by atoms with van der Waals surface area (Å²) in [5.74, 6) is 1.03. The molecular weight excluding hydrogens is 223 g/mol. The number of nitrogens with one attached hydrogen (secondary N) is 1. The van der Waals surface area contributed by atoms with Crippen LogP contribution in [-0.4, -0.2) is 25.9 Å². The molecule has 3 nitrogen and oxygen atoms in total. The summed E-state index contributed by atoms with van der Waals surface area (Å²) >= 11 is 0. The van der Waals surface area contributed by atoms with E-state index < -0.39 is 12.7 Å². The summed E-state index contributed by atoms with van der Waals surface area (Å²) in [7, 11) is 0. The van der Waals surface area contributed by atoms with Gasteiger partial charge in [0.15, 0.2) is 11.5 Å². The molecule has 16 heavy (non-hydrogen) atoms. The lowest BCUT2D eigenvalue weighted by atomic mass is 10.2. The lowest BCUT2D eigenvalue weighted by molar-refractivity contribution is -0.115. The first-order chi connectivity index (χ1) is 7.54. The van der Waals surface area contributed by atoms with Gasteiger partial charge in [0.05, 0.1) is 0 Å². The van der Waals surface area contributed by atoms with Gasteiger partial charge in [-0.1, -0.05) is 0 Å². The van der Waals surface area contributed by atoms with Crippen LogP contribution in [-0.2, 0) is 0 Å². The third-order valence-corrected chi connectivity index (χ3v) is 2.04. The number of anilines is 1. The smallest absolute Gasteiger partial charge is 0.405 e. The third kappa shape index (κ3) is 2.71. The van der Waals surface area contributed by atoms with Crippen molar-refractivity contribution < 1.29 is 22.6 Å². The van der Waals surface area contributed by atoms with Gasteiger partial charge in [0.2, 0.25) is 0 Å². The van der Waals surface area contributed by atoms with Crippen molar-refractivity contribution in [2.75, 3.05) is 25.1 Å². The van der Waals surface area contributed by atoms with Crippen molar-refractivity contribution in [1.29, 1.82) is 0 Å². The van der Waals surface area contributed by atoms with Gasteiger partial charge in [-0.05, 0) is 12.1 Å². The number of benzene rings is 1. The number of fused-ring (bicyclic) bond motifs is 1. The quantitative estimate of drug-likeness (QED) is 0.851. The Morgan fingerprint density at radius 2 is 1.81 bits per heavy atom. The standard InChI is InChI=1S/C10H10F3NO2/c11-10(12,13)6-14-7-1-2-8-9(5-7)16-4-3-15-8/h1-2,5,14H,3-4,6H2. The first-order valence-corrected chi connectivity index (χ1v) is 4.75. The molecule has 0 radical (unpaired) electrons. The summed E-state index contributed by atoms with van der Waals surface area (Å²) in [5.41, 5.74) is 0.363. The van der Waals surface area contributed by atoms with E-state index in [1.54, 1.807) is 6.07 Å². The van der Waals surface area contributed by atoms with Gasteiger partial charge in [-0.25, -0.2) is 0 Å². The van der Waals surface area contributed by atoms with Crippen molar-refractivity contribution in [2.24, 2.45) is 0 Å². The first kappa shape index (κ1) is 10.9. The van der Waals surface area contributed by atoms with E-state index in [2.05, 4.69) is 5.32 Å². The Morgan fingerprint density at radius 1 is 1.12 bits per heavy atom. The summed E-state index contributed by atoms with van der Waals surface area (Å²) in [4.78, 5) is 0. The molecule has 1 heterocycles. The van der Waals surface area contributed by atoms with E-state index in [0.29, 0.717) is 30.4 Å². The van der Waals surface area contributed by atoms with Crippen LogP contribution in [0.15, 0.2) is 18.2 Å². The lowest BCUT2D eigenvalue weighted by Crippen LogP contribution is -2.21. The second-order valence-electron chi connectivity index (χ2n) is 3.33. The molecule has 0 bridgehead atoms. The Morgan fingerprint density at radius 3 is 2.50 bits per heavy atom. The molecule has 0 aliphatic carbocycles. The predicted octanol–water partition coefficient (Wildman–Crippen LogP) is 2.43. The van der Waals surface area contributed by atoms with Crippen LogP contribution in [0.3, 0.4) is 0 Å². The van der Waals surface area contributed by atoms with E-state index in [1.807, 2.05) is 0 Å². The van der Waals surface area contributed by atoms with Crippen LogP contribution < -0.4 is 14.8 Å².